The second-order valence-corrected chi connectivity index (χ2v) is 12.0. The number of nitriles is 1. The van der Waals surface area contributed by atoms with Crippen LogP contribution < -0.4 is 15.5 Å². The molecule has 0 saturated carbocycles. The van der Waals surface area contributed by atoms with E-state index in [-0.39, 0.29) is 24.4 Å². The van der Waals surface area contributed by atoms with Crippen LogP contribution in [0.15, 0.2) is 48.5 Å². The Morgan fingerprint density at radius 1 is 1.00 bits per heavy atom. The van der Waals surface area contributed by atoms with Gasteiger partial charge in [0.2, 0.25) is 15.9 Å². The highest BCUT2D eigenvalue weighted by Crippen LogP contribution is 2.35. The Balaban J connectivity index is 1.74. The van der Waals surface area contributed by atoms with Gasteiger partial charge < -0.3 is 10.2 Å². The molecule has 2 aromatic carbocycles. The summed E-state index contributed by atoms with van der Waals surface area (Å²) in [5.74, 6) is -0.688. The molecule has 0 aromatic heterocycles. The fraction of sp³-hybridized carbons (Fsp3) is 0.481. The average molecular weight is 566 g/mol. The molecule has 1 aliphatic rings. The molecular formula is C27H34F3N5O3S. The Morgan fingerprint density at radius 3 is 2.00 bits per heavy atom. The number of piperazine rings is 1. The minimum atomic E-state index is -4.64. The summed E-state index contributed by atoms with van der Waals surface area (Å²) in [5, 5.41) is 13.5. The maximum atomic E-state index is 14.1. The molecular weight excluding hydrogens is 531 g/mol. The normalized spacial score (nSPS) is 16.5. The molecule has 0 aliphatic carbocycles. The maximum absolute atomic E-state index is 14.1. The molecule has 2 atom stereocenters. The SMILES string of the molecule is CC(C)C[C@H](N[C@@H](c1ccc(-c2ccc(N3CCN(S(C)(=O)=O)CC3)cc2)cc1)C(F)(F)F)C(=O)NCC#N. The van der Waals surface area contributed by atoms with Gasteiger partial charge in [0.25, 0.3) is 0 Å². The third-order valence-corrected chi connectivity index (χ3v) is 7.88. The number of nitrogens with one attached hydrogen (secondary N) is 2. The smallest absolute Gasteiger partial charge is 0.369 e. The van der Waals surface area contributed by atoms with E-state index < -0.39 is 34.2 Å². The number of anilines is 1. The lowest BCUT2D eigenvalue weighted by Crippen LogP contribution is -2.49. The van der Waals surface area contributed by atoms with E-state index in [0.717, 1.165) is 16.8 Å². The lowest BCUT2D eigenvalue weighted by atomic mass is 9.97. The first-order valence-electron chi connectivity index (χ1n) is 12.7. The predicted molar refractivity (Wildman–Crippen MR) is 144 cm³/mol. The van der Waals surface area contributed by atoms with E-state index in [0.29, 0.717) is 26.2 Å². The lowest BCUT2D eigenvalue weighted by Gasteiger charge is -2.34. The number of benzene rings is 2. The zero-order valence-corrected chi connectivity index (χ0v) is 23.0. The van der Waals surface area contributed by atoms with Gasteiger partial charge in [-0.1, -0.05) is 50.2 Å². The summed E-state index contributed by atoms with van der Waals surface area (Å²) >= 11 is 0. The van der Waals surface area contributed by atoms with E-state index in [1.165, 1.54) is 22.7 Å². The van der Waals surface area contributed by atoms with Gasteiger partial charge in [-0.3, -0.25) is 10.1 Å². The molecule has 1 aliphatic heterocycles. The highest BCUT2D eigenvalue weighted by atomic mass is 32.2. The van der Waals surface area contributed by atoms with Crippen molar-refractivity contribution in [1.29, 1.82) is 5.26 Å². The molecule has 8 nitrogen and oxygen atoms in total. The Bertz CT molecular complexity index is 1250. The van der Waals surface area contributed by atoms with Crippen LogP contribution in [-0.2, 0) is 14.8 Å². The molecule has 0 radical (unpaired) electrons. The first-order chi connectivity index (χ1) is 18.3. The first-order valence-corrected chi connectivity index (χ1v) is 14.5. The van der Waals surface area contributed by atoms with E-state index in [9.17, 15) is 26.4 Å². The van der Waals surface area contributed by atoms with E-state index >= 15 is 0 Å². The van der Waals surface area contributed by atoms with Gasteiger partial charge in [0.15, 0.2) is 0 Å². The average Bonchev–Trinajstić information content (AvgIpc) is 2.88. The zero-order valence-electron chi connectivity index (χ0n) is 22.2. The quantitative estimate of drug-likeness (QED) is 0.426. The third-order valence-electron chi connectivity index (χ3n) is 6.58. The molecule has 12 heteroatoms. The summed E-state index contributed by atoms with van der Waals surface area (Å²) in [5.41, 5.74) is 2.48. The van der Waals surface area contributed by atoms with Gasteiger partial charge in [-0.25, -0.2) is 8.42 Å². The van der Waals surface area contributed by atoms with Crippen molar-refractivity contribution < 1.29 is 26.4 Å². The molecule has 1 saturated heterocycles. The lowest BCUT2D eigenvalue weighted by molar-refractivity contribution is -0.161. The van der Waals surface area contributed by atoms with Gasteiger partial charge in [0, 0.05) is 31.9 Å². The summed E-state index contributed by atoms with van der Waals surface area (Å²) in [6.07, 6.45) is -3.26. The fourth-order valence-corrected chi connectivity index (χ4v) is 5.39. The Labute approximate surface area is 227 Å². The van der Waals surface area contributed by atoms with Crippen molar-refractivity contribution in [2.75, 3.05) is 43.9 Å². The van der Waals surface area contributed by atoms with Crippen molar-refractivity contribution in [1.82, 2.24) is 14.9 Å². The number of hydrogen-bond acceptors (Lipinski definition) is 6. The number of halogens is 3. The summed E-state index contributed by atoms with van der Waals surface area (Å²) in [6.45, 7) is 5.30. The standard InChI is InChI=1S/C27H34F3N5O3S/c1-19(2)18-24(26(36)32-13-12-31)33-25(27(28,29)30)22-6-4-20(5-7-22)21-8-10-23(11-9-21)34-14-16-35(17-15-34)39(3,37)38/h4-11,19,24-25,33H,13-18H2,1-3H3,(H,32,36)/t24-,25-/m0/s1. The fourth-order valence-electron chi connectivity index (χ4n) is 4.56. The summed E-state index contributed by atoms with van der Waals surface area (Å²) in [6, 6.07) is 12.2. The molecule has 1 amide bonds. The summed E-state index contributed by atoms with van der Waals surface area (Å²) < 4.78 is 67.1. The van der Waals surface area contributed by atoms with Crippen LogP contribution >= 0.6 is 0 Å². The van der Waals surface area contributed by atoms with Crippen molar-refractivity contribution in [2.24, 2.45) is 5.92 Å². The second kappa shape index (κ2) is 12.8. The zero-order chi connectivity index (χ0) is 28.8. The number of amides is 1. The largest absolute Gasteiger partial charge is 0.407 e. The number of alkyl halides is 3. The van der Waals surface area contributed by atoms with Crippen LogP contribution in [-0.4, -0.2) is 69.8 Å². The van der Waals surface area contributed by atoms with Crippen LogP contribution in [0.25, 0.3) is 11.1 Å². The molecule has 0 unspecified atom stereocenters. The van der Waals surface area contributed by atoms with Gasteiger partial charge in [0.1, 0.15) is 12.6 Å². The van der Waals surface area contributed by atoms with Crippen LogP contribution in [0.3, 0.4) is 0 Å². The topological polar surface area (TPSA) is 106 Å². The number of carbonyl (C=O) groups is 1. The molecule has 212 valence electrons. The van der Waals surface area contributed by atoms with Gasteiger partial charge in [-0.15, -0.1) is 0 Å². The van der Waals surface area contributed by atoms with Crippen molar-refractivity contribution in [3.05, 3.63) is 54.1 Å². The Morgan fingerprint density at radius 2 is 1.54 bits per heavy atom. The number of carbonyl (C=O) groups excluding carboxylic acids is 1. The van der Waals surface area contributed by atoms with Gasteiger partial charge in [-0.05, 0) is 41.2 Å². The van der Waals surface area contributed by atoms with Crippen molar-refractivity contribution in [3.8, 4) is 17.2 Å². The monoisotopic (exact) mass is 565 g/mol. The maximum Gasteiger partial charge on any atom is 0.407 e. The molecule has 2 N–H and O–H groups in total. The highest BCUT2D eigenvalue weighted by Gasteiger charge is 2.43. The van der Waals surface area contributed by atoms with Crippen LogP contribution in [0.4, 0.5) is 18.9 Å². The third kappa shape index (κ3) is 8.42. The van der Waals surface area contributed by atoms with Gasteiger partial charge >= 0.3 is 6.18 Å². The molecule has 39 heavy (non-hydrogen) atoms. The summed E-state index contributed by atoms with van der Waals surface area (Å²) in [7, 11) is -3.21. The first kappa shape index (κ1) is 30.4. The molecule has 0 bridgehead atoms. The molecule has 2 aromatic rings. The Hall–Kier alpha value is -3.14. The van der Waals surface area contributed by atoms with Crippen molar-refractivity contribution in [3.63, 3.8) is 0 Å². The highest BCUT2D eigenvalue weighted by molar-refractivity contribution is 7.88. The van der Waals surface area contributed by atoms with Gasteiger partial charge in [-0.2, -0.15) is 22.7 Å². The molecule has 1 heterocycles. The van der Waals surface area contributed by atoms with Crippen LogP contribution in [0.1, 0.15) is 31.9 Å². The van der Waals surface area contributed by atoms with E-state index in [2.05, 4.69) is 15.5 Å². The minimum absolute atomic E-state index is 0.0199. The predicted octanol–water partition coefficient (Wildman–Crippen LogP) is 3.68. The van der Waals surface area contributed by atoms with E-state index in [1.807, 2.05) is 38.1 Å². The number of rotatable bonds is 10. The molecule has 1 fully saturated rings. The minimum Gasteiger partial charge on any atom is -0.369 e. The second-order valence-electron chi connectivity index (χ2n) is 10.0. The number of nitrogens with zero attached hydrogens (tertiary/aromatic N) is 3. The van der Waals surface area contributed by atoms with E-state index in [4.69, 9.17) is 5.26 Å². The van der Waals surface area contributed by atoms with Crippen LogP contribution in [0, 0.1) is 17.2 Å². The van der Waals surface area contributed by atoms with Gasteiger partial charge in [0.05, 0.1) is 18.4 Å². The molecule has 0 spiro atoms. The number of sulfonamides is 1. The Kier molecular flexibility index (Phi) is 9.98. The van der Waals surface area contributed by atoms with Crippen LogP contribution in [0.5, 0.6) is 0 Å². The van der Waals surface area contributed by atoms with E-state index in [1.54, 1.807) is 18.2 Å². The summed E-state index contributed by atoms with van der Waals surface area (Å²) in [4.78, 5) is 14.5. The van der Waals surface area contributed by atoms with Crippen molar-refractivity contribution >= 4 is 21.6 Å². The van der Waals surface area contributed by atoms with Crippen LogP contribution in [0.2, 0.25) is 0 Å². The number of hydrogen-bond donors (Lipinski definition) is 2. The molecule has 3 rings (SSSR count). The van der Waals surface area contributed by atoms with Crippen molar-refractivity contribution in [2.45, 2.75) is 38.5 Å².